The van der Waals surface area contributed by atoms with Crippen LogP contribution in [-0.2, 0) is 17.6 Å². The Balaban J connectivity index is 1.93. The molecule has 166 valence electrons. The molecule has 0 saturated heterocycles. The molecule has 0 aliphatic carbocycles. The van der Waals surface area contributed by atoms with Crippen molar-refractivity contribution in [3.8, 4) is 0 Å². The van der Waals surface area contributed by atoms with Crippen LogP contribution in [0.3, 0.4) is 0 Å². The quantitative estimate of drug-likeness (QED) is 0.523. The van der Waals surface area contributed by atoms with E-state index in [2.05, 4.69) is 56.0 Å². The predicted molar refractivity (Wildman–Crippen MR) is 126 cm³/mol. The number of anilines is 1. The first-order valence-corrected chi connectivity index (χ1v) is 12.0. The van der Waals surface area contributed by atoms with Crippen LogP contribution in [0.2, 0.25) is 0 Å². The minimum Gasteiger partial charge on any atom is -0.396 e. The number of aromatic nitrogens is 1. The molecule has 1 aromatic heterocycles. The zero-order valence-corrected chi connectivity index (χ0v) is 19.3. The summed E-state index contributed by atoms with van der Waals surface area (Å²) >= 11 is 0. The standard InChI is InChI=1S/C26H40N2O2/c1-5-6-7-8-9-10-11-20-12-13-22-24-21(16-27-25(20)24)14-19(17-29)15-23(30)26(18(2)3)28(22)4/h12-13,16,18-19,26-27,29H,5-11,14-15,17H2,1-4H3/t19-,26+/m1/s1. The average Bonchev–Trinajstić information content (AvgIpc) is 3.14. The third-order valence-corrected chi connectivity index (χ3v) is 6.80. The largest absolute Gasteiger partial charge is 0.396 e. The van der Waals surface area contributed by atoms with Crippen molar-refractivity contribution in [2.75, 3.05) is 18.6 Å². The lowest BCUT2D eigenvalue weighted by Crippen LogP contribution is -2.43. The number of H-pyrrole nitrogens is 1. The summed E-state index contributed by atoms with van der Waals surface area (Å²) in [6.45, 7) is 6.55. The van der Waals surface area contributed by atoms with Crippen LogP contribution in [0.25, 0.3) is 10.9 Å². The highest BCUT2D eigenvalue weighted by Crippen LogP contribution is 2.37. The Morgan fingerprint density at radius 3 is 2.57 bits per heavy atom. The fourth-order valence-electron chi connectivity index (χ4n) is 5.22. The Bertz CT molecular complexity index is 839. The van der Waals surface area contributed by atoms with Crippen LogP contribution in [0, 0.1) is 11.8 Å². The smallest absolute Gasteiger partial charge is 0.155 e. The van der Waals surface area contributed by atoms with Gasteiger partial charge in [-0.15, -0.1) is 0 Å². The van der Waals surface area contributed by atoms with Crippen LogP contribution >= 0.6 is 0 Å². The maximum Gasteiger partial charge on any atom is 0.155 e. The Hall–Kier alpha value is -1.81. The van der Waals surface area contributed by atoms with Crippen molar-refractivity contribution < 1.29 is 9.90 Å². The van der Waals surface area contributed by atoms with Crippen LogP contribution in [0.15, 0.2) is 18.3 Å². The highest BCUT2D eigenvalue weighted by Gasteiger charge is 2.32. The average molecular weight is 413 g/mol. The number of nitrogens with one attached hydrogen (secondary N) is 1. The summed E-state index contributed by atoms with van der Waals surface area (Å²) in [4.78, 5) is 18.8. The van der Waals surface area contributed by atoms with Crippen molar-refractivity contribution >= 4 is 22.4 Å². The molecule has 1 aromatic carbocycles. The van der Waals surface area contributed by atoms with Crippen LogP contribution in [0.1, 0.15) is 76.8 Å². The summed E-state index contributed by atoms with van der Waals surface area (Å²) < 4.78 is 0. The molecule has 1 aliphatic rings. The van der Waals surface area contributed by atoms with Crippen LogP contribution < -0.4 is 4.90 Å². The minimum atomic E-state index is -0.160. The van der Waals surface area contributed by atoms with Gasteiger partial charge in [-0.3, -0.25) is 4.79 Å². The molecule has 3 rings (SSSR count). The maximum atomic E-state index is 13.1. The van der Waals surface area contributed by atoms with Crippen molar-refractivity contribution in [1.29, 1.82) is 0 Å². The number of Topliss-reactive ketones (excluding diaryl/α,β-unsaturated/α-hetero) is 1. The fraction of sp³-hybridized carbons (Fsp3) is 0.654. The molecule has 0 radical (unpaired) electrons. The number of aliphatic hydroxyl groups excluding tert-OH is 1. The Morgan fingerprint density at radius 2 is 1.87 bits per heavy atom. The molecule has 2 aromatic rings. The second kappa shape index (κ2) is 10.5. The number of ketones is 1. The fourth-order valence-corrected chi connectivity index (χ4v) is 5.22. The van der Waals surface area contributed by atoms with Crippen molar-refractivity contribution in [2.24, 2.45) is 11.8 Å². The first kappa shape index (κ1) is 22.9. The molecule has 4 nitrogen and oxygen atoms in total. The van der Waals surface area contributed by atoms with Gasteiger partial charge in [0.25, 0.3) is 0 Å². The highest BCUT2D eigenvalue weighted by atomic mass is 16.3. The summed E-state index contributed by atoms with van der Waals surface area (Å²) in [6, 6.07) is 4.31. The van der Waals surface area contributed by atoms with Crippen molar-refractivity contribution in [3.05, 3.63) is 29.5 Å². The van der Waals surface area contributed by atoms with Gasteiger partial charge >= 0.3 is 0 Å². The van der Waals surface area contributed by atoms with Crippen molar-refractivity contribution in [3.63, 3.8) is 0 Å². The van der Waals surface area contributed by atoms with Gasteiger partial charge in [-0.05, 0) is 48.3 Å². The molecule has 0 unspecified atom stereocenters. The third-order valence-electron chi connectivity index (χ3n) is 6.80. The lowest BCUT2D eigenvalue weighted by Gasteiger charge is -2.32. The van der Waals surface area contributed by atoms with Gasteiger partial charge in [0.05, 0.1) is 11.6 Å². The number of nitrogens with zero attached hydrogens (tertiary/aromatic N) is 1. The molecule has 2 atom stereocenters. The van der Waals surface area contributed by atoms with E-state index >= 15 is 0 Å². The summed E-state index contributed by atoms with van der Waals surface area (Å²) in [5, 5.41) is 11.2. The molecule has 0 amide bonds. The van der Waals surface area contributed by atoms with E-state index in [1.54, 1.807) is 0 Å². The van der Waals surface area contributed by atoms with Crippen LogP contribution in [0.4, 0.5) is 5.69 Å². The zero-order chi connectivity index (χ0) is 21.7. The van der Waals surface area contributed by atoms with E-state index in [-0.39, 0.29) is 30.3 Å². The molecule has 30 heavy (non-hydrogen) atoms. The number of aromatic amines is 1. The number of hydrogen-bond acceptors (Lipinski definition) is 3. The van der Waals surface area contributed by atoms with Crippen LogP contribution in [0.5, 0.6) is 0 Å². The molecular weight excluding hydrogens is 372 g/mol. The van der Waals surface area contributed by atoms with E-state index in [0.717, 1.165) is 18.5 Å². The number of unbranched alkanes of at least 4 members (excludes halogenated alkanes) is 5. The van der Waals surface area contributed by atoms with Gasteiger partial charge in [0, 0.05) is 37.3 Å². The monoisotopic (exact) mass is 412 g/mol. The summed E-state index contributed by atoms with van der Waals surface area (Å²) in [6.07, 6.45) is 12.2. The number of aliphatic hydroxyl groups is 1. The molecule has 0 fully saturated rings. The normalized spacial score (nSPS) is 19.9. The number of likely N-dealkylation sites (N-methyl/N-ethyl adjacent to an activating group) is 1. The van der Waals surface area contributed by atoms with E-state index in [1.165, 1.54) is 60.6 Å². The molecule has 4 heteroatoms. The molecule has 0 spiro atoms. The number of rotatable bonds is 9. The van der Waals surface area contributed by atoms with E-state index in [4.69, 9.17) is 0 Å². The van der Waals surface area contributed by atoms with Gasteiger partial charge in [0.15, 0.2) is 5.78 Å². The molecule has 1 aliphatic heterocycles. The topological polar surface area (TPSA) is 56.3 Å². The molecule has 2 N–H and O–H groups in total. The second-order valence-corrected chi connectivity index (χ2v) is 9.55. The van der Waals surface area contributed by atoms with E-state index in [0.29, 0.717) is 6.42 Å². The Morgan fingerprint density at radius 1 is 1.13 bits per heavy atom. The summed E-state index contributed by atoms with van der Waals surface area (Å²) in [7, 11) is 2.06. The van der Waals surface area contributed by atoms with E-state index < -0.39 is 0 Å². The van der Waals surface area contributed by atoms with E-state index in [9.17, 15) is 9.90 Å². The summed E-state index contributed by atoms with van der Waals surface area (Å²) in [5.74, 6) is 0.449. The number of hydrogen-bond donors (Lipinski definition) is 2. The number of benzene rings is 1. The van der Waals surface area contributed by atoms with Gasteiger partial charge < -0.3 is 15.0 Å². The maximum absolute atomic E-state index is 13.1. The summed E-state index contributed by atoms with van der Waals surface area (Å²) in [5.41, 5.74) is 4.96. The van der Waals surface area contributed by atoms with Crippen molar-refractivity contribution in [1.82, 2.24) is 4.98 Å². The number of carbonyl (C=O) groups is 1. The van der Waals surface area contributed by atoms with E-state index in [1.807, 2.05) is 0 Å². The lowest BCUT2D eigenvalue weighted by molar-refractivity contribution is -0.122. The first-order valence-electron chi connectivity index (χ1n) is 12.0. The van der Waals surface area contributed by atoms with Gasteiger partial charge in [-0.1, -0.05) is 58.9 Å². The third kappa shape index (κ3) is 4.91. The van der Waals surface area contributed by atoms with Gasteiger partial charge in [0.1, 0.15) is 0 Å². The van der Waals surface area contributed by atoms with Crippen LogP contribution in [-0.4, -0.2) is 35.6 Å². The zero-order valence-electron chi connectivity index (χ0n) is 19.3. The first-order chi connectivity index (χ1) is 14.5. The molecular formula is C26H40N2O2. The highest BCUT2D eigenvalue weighted by molar-refractivity contribution is 6.00. The van der Waals surface area contributed by atoms with Gasteiger partial charge in [0.2, 0.25) is 0 Å². The minimum absolute atomic E-state index is 0.0145. The number of aryl methyl sites for hydroxylation is 1. The predicted octanol–water partition coefficient (Wildman–Crippen LogP) is 5.66. The molecule has 0 bridgehead atoms. The lowest BCUT2D eigenvalue weighted by atomic mass is 9.90. The number of carbonyl (C=O) groups excluding carboxylic acids is 1. The second-order valence-electron chi connectivity index (χ2n) is 9.55. The SMILES string of the molecule is CCCCCCCCc1ccc2c3c(c[nH]c13)C[C@@H](CO)CC(=O)[C@H](C(C)C)N2C. The Labute approximate surface area is 182 Å². The van der Waals surface area contributed by atoms with Crippen molar-refractivity contribution in [2.45, 2.75) is 84.6 Å². The Kier molecular flexibility index (Phi) is 7.99. The van der Waals surface area contributed by atoms with Gasteiger partial charge in [-0.2, -0.15) is 0 Å². The van der Waals surface area contributed by atoms with Gasteiger partial charge in [-0.25, -0.2) is 0 Å². The molecule has 2 heterocycles. The molecule has 0 saturated carbocycles.